The first kappa shape index (κ1) is 10.3. The van der Waals surface area contributed by atoms with E-state index in [-0.39, 0.29) is 0 Å². The van der Waals surface area contributed by atoms with Crippen molar-refractivity contribution in [3.8, 4) is 0 Å². The molecule has 0 aromatic heterocycles. The number of rotatable bonds is 0. The molecule has 1 saturated heterocycles. The number of ether oxygens (including phenoxy) is 1. The lowest BCUT2D eigenvalue weighted by Gasteiger charge is -2.26. The molecule has 0 spiro atoms. The summed E-state index contributed by atoms with van der Waals surface area (Å²) in [5.41, 5.74) is -0.487. The Balaban J connectivity index is 2.48. The van der Waals surface area contributed by atoms with Gasteiger partial charge >= 0.3 is 6.09 Å². The molecule has 4 nitrogen and oxygen atoms in total. The third-order valence-electron chi connectivity index (χ3n) is 1.85. The maximum Gasteiger partial charge on any atom is 0.412 e. The predicted octanol–water partition coefficient (Wildman–Crippen LogP) is 1.34. The first-order valence-corrected chi connectivity index (χ1v) is 4.58. The molecule has 0 aromatic rings. The quantitative estimate of drug-likeness (QED) is 0.622. The molecule has 1 amide bonds. The average Bonchev–Trinajstić information content (AvgIpc) is 2.30. The van der Waals surface area contributed by atoms with Crippen LogP contribution in [0.15, 0.2) is 0 Å². The Morgan fingerprint density at radius 2 is 2.15 bits per heavy atom. The lowest BCUT2D eigenvalue weighted by Crippen LogP contribution is -2.39. The van der Waals surface area contributed by atoms with Crippen LogP contribution in [-0.4, -0.2) is 34.5 Å². The van der Waals surface area contributed by atoms with E-state index in [2.05, 4.69) is 0 Å². The molecule has 1 aliphatic rings. The second-order valence-electron chi connectivity index (χ2n) is 4.30. The summed E-state index contributed by atoms with van der Waals surface area (Å²) in [6.07, 6.45) is 0.423. The normalized spacial score (nSPS) is 23.4. The van der Waals surface area contributed by atoms with E-state index in [1.54, 1.807) is 0 Å². The van der Waals surface area contributed by atoms with Crippen molar-refractivity contribution in [3.63, 3.8) is 0 Å². The minimum Gasteiger partial charge on any atom is -0.444 e. The van der Waals surface area contributed by atoms with Crippen molar-refractivity contribution in [1.82, 2.24) is 4.90 Å². The van der Waals surface area contributed by atoms with E-state index in [0.29, 0.717) is 13.0 Å². The van der Waals surface area contributed by atoms with Crippen LogP contribution in [0.2, 0.25) is 0 Å². The lowest BCUT2D eigenvalue weighted by molar-refractivity contribution is -0.0128. The molecule has 0 aromatic carbocycles. The molecule has 1 fully saturated rings. The molecule has 0 radical (unpaired) electrons. The van der Waals surface area contributed by atoms with Gasteiger partial charge in [0.1, 0.15) is 11.8 Å². The van der Waals surface area contributed by atoms with Crippen molar-refractivity contribution in [2.75, 3.05) is 6.54 Å². The number of nitrogens with zero attached hydrogens (tertiary/aromatic N) is 1. The van der Waals surface area contributed by atoms with Gasteiger partial charge in [-0.3, -0.25) is 4.90 Å². The molecule has 1 rings (SSSR count). The van der Waals surface area contributed by atoms with Crippen molar-refractivity contribution in [1.29, 1.82) is 0 Å². The predicted molar refractivity (Wildman–Crippen MR) is 48.2 cm³/mol. The second kappa shape index (κ2) is 3.54. The number of amides is 1. The standard InChI is InChI=1S/C9H17NO3/c1-9(2,3)13-8(12)10-6-4-5-7(10)11/h7,11H,4-6H2,1-3H3/t7-/m0/s1. The summed E-state index contributed by atoms with van der Waals surface area (Å²) in [6, 6.07) is 0. The number of aliphatic hydroxyl groups excluding tert-OH is 1. The Hall–Kier alpha value is -0.770. The summed E-state index contributed by atoms with van der Waals surface area (Å²) in [5, 5.41) is 9.38. The minimum atomic E-state index is -0.658. The number of carbonyl (C=O) groups is 1. The zero-order chi connectivity index (χ0) is 10.1. The molecule has 0 bridgehead atoms. The molecule has 76 valence electrons. The van der Waals surface area contributed by atoms with E-state index in [4.69, 9.17) is 4.74 Å². The summed E-state index contributed by atoms with van der Waals surface area (Å²) >= 11 is 0. The second-order valence-corrected chi connectivity index (χ2v) is 4.30. The Morgan fingerprint density at radius 1 is 1.54 bits per heavy atom. The van der Waals surface area contributed by atoms with Gasteiger partial charge in [0.25, 0.3) is 0 Å². The lowest BCUT2D eigenvalue weighted by atomic mass is 10.2. The van der Waals surface area contributed by atoms with Gasteiger partial charge in [-0.15, -0.1) is 0 Å². The first-order chi connectivity index (χ1) is 5.90. The summed E-state index contributed by atoms with van der Waals surface area (Å²) in [5.74, 6) is 0. The SMILES string of the molecule is CC(C)(C)OC(=O)N1CCC[C@@H]1O. The van der Waals surface area contributed by atoms with Gasteiger partial charge in [-0.05, 0) is 33.6 Å². The number of likely N-dealkylation sites (tertiary alicyclic amines) is 1. The van der Waals surface area contributed by atoms with Gasteiger partial charge in [-0.25, -0.2) is 4.79 Å². The fraction of sp³-hybridized carbons (Fsp3) is 0.889. The van der Waals surface area contributed by atoms with E-state index in [0.717, 1.165) is 6.42 Å². The van der Waals surface area contributed by atoms with Crippen LogP contribution in [0.4, 0.5) is 4.79 Å². The zero-order valence-corrected chi connectivity index (χ0v) is 8.41. The first-order valence-electron chi connectivity index (χ1n) is 4.58. The highest BCUT2D eigenvalue weighted by Crippen LogP contribution is 2.18. The average molecular weight is 187 g/mol. The molecule has 1 aliphatic heterocycles. The molecule has 1 N–H and O–H groups in total. The topological polar surface area (TPSA) is 49.8 Å². The van der Waals surface area contributed by atoms with Gasteiger partial charge in [0.05, 0.1) is 0 Å². The van der Waals surface area contributed by atoms with Crippen molar-refractivity contribution in [2.24, 2.45) is 0 Å². The summed E-state index contributed by atoms with van der Waals surface area (Å²) in [7, 11) is 0. The molecule has 13 heavy (non-hydrogen) atoms. The van der Waals surface area contributed by atoms with Crippen LogP contribution in [0.25, 0.3) is 0 Å². The van der Waals surface area contributed by atoms with Crippen LogP contribution in [0.5, 0.6) is 0 Å². The fourth-order valence-electron chi connectivity index (χ4n) is 1.28. The summed E-state index contributed by atoms with van der Waals surface area (Å²) in [4.78, 5) is 12.8. The molecular weight excluding hydrogens is 170 g/mol. The van der Waals surface area contributed by atoms with Gasteiger partial charge in [0, 0.05) is 6.54 Å². The molecule has 0 saturated carbocycles. The van der Waals surface area contributed by atoms with E-state index in [1.165, 1.54) is 4.90 Å². The molecule has 1 atom stereocenters. The van der Waals surface area contributed by atoms with Crippen molar-refractivity contribution >= 4 is 6.09 Å². The molecule has 0 unspecified atom stereocenters. The smallest absolute Gasteiger partial charge is 0.412 e. The maximum absolute atomic E-state index is 11.4. The molecule has 0 aliphatic carbocycles. The van der Waals surface area contributed by atoms with E-state index in [9.17, 15) is 9.90 Å². The zero-order valence-electron chi connectivity index (χ0n) is 8.41. The number of hydrogen-bond donors (Lipinski definition) is 1. The Bertz CT molecular complexity index is 198. The minimum absolute atomic E-state index is 0.419. The van der Waals surface area contributed by atoms with E-state index in [1.807, 2.05) is 20.8 Å². The highest BCUT2D eigenvalue weighted by Gasteiger charge is 2.30. The van der Waals surface area contributed by atoms with Crippen LogP contribution >= 0.6 is 0 Å². The van der Waals surface area contributed by atoms with Crippen LogP contribution < -0.4 is 0 Å². The van der Waals surface area contributed by atoms with Gasteiger partial charge in [-0.2, -0.15) is 0 Å². The van der Waals surface area contributed by atoms with Crippen molar-refractivity contribution in [3.05, 3.63) is 0 Å². The van der Waals surface area contributed by atoms with Gasteiger partial charge < -0.3 is 9.84 Å². The van der Waals surface area contributed by atoms with Crippen molar-refractivity contribution < 1.29 is 14.6 Å². The third kappa shape index (κ3) is 2.88. The van der Waals surface area contributed by atoms with Crippen LogP contribution in [0.3, 0.4) is 0 Å². The highest BCUT2D eigenvalue weighted by molar-refractivity contribution is 5.68. The monoisotopic (exact) mass is 187 g/mol. The van der Waals surface area contributed by atoms with E-state index >= 15 is 0 Å². The number of aliphatic hydroxyl groups is 1. The van der Waals surface area contributed by atoms with Crippen molar-refractivity contribution in [2.45, 2.75) is 45.4 Å². The van der Waals surface area contributed by atoms with Gasteiger partial charge in [-0.1, -0.05) is 0 Å². The largest absolute Gasteiger partial charge is 0.444 e. The summed E-state index contributed by atoms with van der Waals surface area (Å²) in [6.45, 7) is 6.03. The Labute approximate surface area is 78.5 Å². The number of hydrogen-bond acceptors (Lipinski definition) is 3. The molecule has 1 heterocycles. The number of carbonyl (C=O) groups excluding carboxylic acids is 1. The van der Waals surface area contributed by atoms with Crippen LogP contribution in [0, 0.1) is 0 Å². The Morgan fingerprint density at radius 3 is 2.54 bits per heavy atom. The molecule has 4 heteroatoms. The summed E-state index contributed by atoms with van der Waals surface area (Å²) < 4.78 is 5.12. The molecular formula is C9H17NO3. The maximum atomic E-state index is 11.4. The third-order valence-corrected chi connectivity index (χ3v) is 1.85. The fourth-order valence-corrected chi connectivity index (χ4v) is 1.28. The van der Waals surface area contributed by atoms with Gasteiger partial charge in [0.2, 0.25) is 0 Å². The van der Waals surface area contributed by atoms with E-state index < -0.39 is 17.9 Å². The van der Waals surface area contributed by atoms with Gasteiger partial charge in [0.15, 0.2) is 0 Å². The van der Waals surface area contributed by atoms with Crippen LogP contribution in [0.1, 0.15) is 33.6 Å². The highest BCUT2D eigenvalue weighted by atomic mass is 16.6. The van der Waals surface area contributed by atoms with Crippen LogP contribution in [-0.2, 0) is 4.74 Å². The Kier molecular flexibility index (Phi) is 2.81.